The van der Waals surface area contributed by atoms with Gasteiger partial charge in [-0.3, -0.25) is 0 Å². The Hall–Kier alpha value is -2.26. The van der Waals surface area contributed by atoms with Crippen LogP contribution in [0.4, 0.5) is 5.69 Å². The highest BCUT2D eigenvalue weighted by Gasteiger charge is 2.25. The lowest BCUT2D eigenvalue weighted by Gasteiger charge is -2.40. The van der Waals surface area contributed by atoms with Crippen LogP contribution in [0.25, 0.3) is 0 Å². The quantitative estimate of drug-likeness (QED) is 0.398. The molecule has 1 heterocycles. The van der Waals surface area contributed by atoms with E-state index in [1.54, 1.807) is 0 Å². The van der Waals surface area contributed by atoms with Crippen LogP contribution in [-0.4, -0.2) is 37.1 Å². The Morgan fingerprint density at radius 3 is 2.25 bits per heavy atom. The molecule has 0 unspecified atom stereocenters. The molecule has 1 aliphatic heterocycles. The molecule has 0 N–H and O–H groups in total. The van der Waals surface area contributed by atoms with E-state index in [1.165, 1.54) is 55.7 Å². The molecular weight excluding hydrogens is 392 g/mol. The first kappa shape index (κ1) is 24.4. The Morgan fingerprint density at radius 2 is 1.66 bits per heavy atom. The van der Waals surface area contributed by atoms with E-state index >= 15 is 0 Å². The number of hydrogen-bond acceptors (Lipinski definition) is 3. The zero-order valence-corrected chi connectivity index (χ0v) is 20.8. The van der Waals surface area contributed by atoms with Crippen molar-refractivity contribution in [2.75, 3.05) is 31.1 Å². The Balaban J connectivity index is 1.61. The van der Waals surface area contributed by atoms with Crippen molar-refractivity contribution in [2.45, 2.75) is 66.5 Å². The van der Waals surface area contributed by atoms with E-state index in [-0.39, 0.29) is 0 Å². The summed E-state index contributed by atoms with van der Waals surface area (Å²) < 4.78 is 6.00. The zero-order chi connectivity index (χ0) is 23.0. The highest BCUT2D eigenvalue weighted by Crippen LogP contribution is 2.27. The predicted octanol–water partition coefficient (Wildman–Crippen LogP) is 6.94. The summed E-state index contributed by atoms with van der Waals surface area (Å²) in [4.78, 5) is 5.25. The summed E-state index contributed by atoms with van der Waals surface area (Å²) in [5, 5.41) is 0. The molecule has 3 heteroatoms. The number of hydrogen-bond donors (Lipinski definition) is 0. The van der Waals surface area contributed by atoms with Gasteiger partial charge in [-0.05, 0) is 74.9 Å². The Morgan fingerprint density at radius 1 is 1.00 bits per heavy atom. The average Bonchev–Trinajstić information content (AvgIpc) is 2.78. The van der Waals surface area contributed by atoms with Gasteiger partial charge in [0, 0.05) is 31.4 Å². The molecule has 1 aliphatic rings. The minimum absolute atomic E-state index is 0.413. The fraction of sp³-hybridized carbons (Fsp3) is 0.517. The predicted molar refractivity (Wildman–Crippen MR) is 138 cm³/mol. The van der Waals surface area contributed by atoms with E-state index in [4.69, 9.17) is 4.74 Å². The third-order valence-corrected chi connectivity index (χ3v) is 6.29. The molecule has 0 atom stereocenters. The van der Waals surface area contributed by atoms with Crippen LogP contribution in [0.15, 0.2) is 66.2 Å². The maximum absolute atomic E-state index is 6.00. The van der Waals surface area contributed by atoms with Crippen LogP contribution < -0.4 is 9.64 Å². The van der Waals surface area contributed by atoms with Crippen molar-refractivity contribution in [2.24, 2.45) is 5.41 Å². The van der Waals surface area contributed by atoms with E-state index < -0.39 is 0 Å². The van der Waals surface area contributed by atoms with E-state index in [1.807, 2.05) is 6.07 Å². The molecule has 1 saturated heterocycles. The third-order valence-electron chi connectivity index (χ3n) is 6.29. The van der Waals surface area contributed by atoms with Gasteiger partial charge in [-0.25, -0.2) is 0 Å². The van der Waals surface area contributed by atoms with Crippen LogP contribution in [0.5, 0.6) is 5.75 Å². The first-order valence-electron chi connectivity index (χ1n) is 12.2. The molecular formula is C29H42N2O. The smallest absolute Gasteiger partial charge is 0.119 e. The summed E-state index contributed by atoms with van der Waals surface area (Å²) in [6.45, 7) is 16.6. The van der Waals surface area contributed by atoms with Crippen molar-refractivity contribution in [1.29, 1.82) is 0 Å². The molecule has 174 valence electrons. The second kappa shape index (κ2) is 11.6. The molecule has 0 bridgehead atoms. The minimum atomic E-state index is 0.413. The van der Waals surface area contributed by atoms with E-state index in [2.05, 4.69) is 99.0 Å². The highest BCUT2D eigenvalue weighted by molar-refractivity contribution is 5.51. The van der Waals surface area contributed by atoms with Crippen LogP contribution in [0.1, 0.15) is 59.4 Å². The molecule has 32 heavy (non-hydrogen) atoms. The van der Waals surface area contributed by atoms with Crippen LogP contribution in [0.3, 0.4) is 0 Å². The van der Waals surface area contributed by atoms with Gasteiger partial charge in [0.15, 0.2) is 0 Å². The summed E-state index contributed by atoms with van der Waals surface area (Å²) in [5.41, 5.74) is 4.28. The maximum atomic E-state index is 6.00. The zero-order valence-electron chi connectivity index (χ0n) is 20.8. The molecule has 2 aromatic rings. The summed E-state index contributed by atoms with van der Waals surface area (Å²) in [6, 6.07) is 19.6. The van der Waals surface area contributed by atoms with Gasteiger partial charge >= 0.3 is 0 Å². The lowest BCUT2D eigenvalue weighted by molar-refractivity contribution is 0.183. The third kappa shape index (κ3) is 8.02. The Kier molecular flexibility index (Phi) is 8.81. The van der Waals surface area contributed by atoms with E-state index in [0.29, 0.717) is 18.1 Å². The van der Waals surface area contributed by atoms with Crippen molar-refractivity contribution in [3.63, 3.8) is 0 Å². The normalized spacial score (nSPS) is 15.4. The van der Waals surface area contributed by atoms with Gasteiger partial charge in [-0.15, -0.1) is 0 Å². The van der Waals surface area contributed by atoms with Crippen molar-refractivity contribution < 1.29 is 4.74 Å². The molecule has 0 saturated carbocycles. The molecule has 0 aromatic heterocycles. The molecule has 0 amide bonds. The lowest BCUT2D eigenvalue weighted by atomic mass is 9.91. The number of allylic oxidation sites excluding steroid dienone is 1. The number of rotatable bonds is 9. The van der Waals surface area contributed by atoms with Gasteiger partial charge in [-0.2, -0.15) is 0 Å². The van der Waals surface area contributed by atoms with Gasteiger partial charge in [-0.1, -0.05) is 62.8 Å². The highest BCUT2D eigenvalue weighted by atomic mass is 16.5. The minimum Gasteiger partial charge on any atom is -0.489 e. The molecule has 3 nitrogen and oxygen atoms in total. The van der Waals surface area contributed by atoms with Crippen LogP contribution in [-0.2, 0) is 6.61 Å². The maximum Gasteiger partial charge on any atom is 0.119 e. The number of likely N-dealkylation sites (tertiary alicyclic amines) is 1. The first-order valence-corrected chi connectivity index (χ1v) is 12.2. The lowest BCUT2D eigenvalue weighted by Crippen LogP contribution is -2.45. The number of piperidine rings is 1. The second-order valence-electron chi connectivity index (χ2n) is 10.6. The van der Waals surface area contributed by atoms with Crippen LogP contribution in [0, 0.1) is 5.41 Å². The van der Waals surface area contributed by atoms with E-state index in [9.17, 15) is 0 Å². The Bertz CT molecular complexity index is 824. The second-order valence-corrected chi connectivity index (χ2v) is 10.6. The monoisotopic (exact) mass is 434 g/mol. The summed E-state index contributed by atoms with van der Waals surface area (Å²) in [6.07, 6.45) is 6.08. The molecule has 2 aromatic carbocycles. The topological polar surface area (TPSA) is 15.7 Å². The standard InChI is InChI=1S/C29H42N2O/c1-24(2)15-21-31(27-16-19-30(20-17-27)22-18-29(3,4)5)26-11-13-28(14-12-26)32-23-25-9-7-6-8-10-25/h6-15,27H,16-23H2,1-5H3. The molecule has 0 radical (unpaired) electrons. The SMILES string of the molecule is CC(C)=CCN(c1ccc(OCc2ccccc2)cc1)C1CCN(CCC(C)(C)C)CC1. The van der Waals surface area contributed by atoms with Gasteiger partial charge in [0.25, 0.3) is 0 Å². The number of anilines is 1. The molecule has 0 aliphatic carbocycles. The van der Waals surface area contributed by atoms with Gasteiger partial charge in [0.2, 0.25) is 0 Å². The molecule has 3 rings (SSSR count). The summed E-state index contributed by atoms with van der Waals surface area (Å²) >= 11 is 0. The first-order chi connectivity index (χ1) is 15.3. The van der Waals surface area contributed by atoms with Crippen LogP contribution >= 0.6 is 0 Å². The number of nitrogens with zero attached hydrogens (tertiary/aromatic N) is 2. The Labute approximate surface area is 196 Å². The summed E-state index contributed by atoms with van der Waals surface area (Å²) in [7, 11) is 0. The average molecular weight is 435 g/mol. The van der Waals surface area contributed by atoms with Crippen molar-refractivity contribution in [3.8, 4) is 5.75 Å². The van der Waals surface area contributed by atoms with Gasteiger partial charge in [0.05, 0.1) is 0 Å². The van der Waals surface area contributed by atoms with Gasteiger partial charge < -0.3 is 14.5 Å². The van der Waals surface area contributed by atoms with Crippen LogP contribution in [0.2, 0.25) is 0 Å². The van der Waals surface area contributed by atoms with E-state index in [0.717, 1.165) is 12.3 Å². The van der Waals surface area contributed by atoms with Crippen molar-refractivity contribution in [3.05, 3.63) is 71.8 Å². The summed E-state index contributed by atoms with van der Waals surface area (Å²) in [5.74, 6) is 0.928. The fourth-order valence-corrected chi connectivity index (χ4v) is 4.17. The van der Waals surface area contributed by atoms with Crippen molar-refractivity contribution >= 4 is 5.69 Å². The van der Waals surface area contributed by atoms with Crippen molar-refractivity contribution in [1.82, 2.24) is 4.90 Å². The number of ether oxygens (including phenoxy) is 1. The number of benzene rings is 2. The molecule has 0 spiro atoms. The molecule has 1 fully saturated rings. The van der Waals surface area contributed by atoms with Gasteiger partial charge in [0.1, 0.15) is 12.4 Å². The fourth-order valence-electron chi connectivity index (χ4n) is 4.17. The largest absolute Gasteiger partial charge is 0.489 e.